The topological polar surface area (TPSA) is 95.7 Å². The summed E-state index contributed by atoms with van der Waals surface area (Å²) in [4.78, 5) is 29.7. The number of H-pyrrole nitrogens is 1. The number of benzene rings is 2. The fraction of sp³-hybridized carbons (Fsp3) is 0.304. The average molecular weight is 422 g/mol. The van der Waals surface area contributed by atoms with Gasteiger partial charge in [-0.15, -0.1) is 0 Å². The van der Waals surface area contributed by atoms with Crippen LogP contribution in [0.1, 0.15) is 12.0 Å². The van der Waals surface area contributed by atoms with Crippen molar-refractivity contribution in [3.05, 3.63) is 54.2 Å². The predicted octanol–water partition coefficient (Wildman–Crippen LogP) is 2.83. The Labute approximate surface area is 180 Å². The fourth-order valence-corrected chi connectivity index (χ4v) is 3.93. The van der Waals surface area contributed by atoms with Gasteiger partial charge in [0.2, 0.25) is 5.91 Å². The Bertz CT molecular complexity index is 1090. The van der Waals surface area contributed by atoms with Crippen LogP contribution in [-0.4, -0.2) is 50.3 Å². The molecule has 8 nitrogen and oxygen atoms in total. The first kappa shape index (κ1) is 20.6. The maximum absolute atomic E-state index is 12.5. The van der Waals surface area contributed by atoms with Crippen molar-refractivity contribution >= 4 is 28.5 Å². The molecule has 3 amide bonds. The largest absolute Gasteiger partial charge is 0.493 e. The van der Waals surface area contributed by atoms with E-state index in [1.54, 1.807) is 31.3 Å². The zero-order valence-electron chi connectivity index (χ0n) is 17.6. The lowest BCUT2D eigenvalue weighted by molar-refractivity contribution is -0.117. The van der Waals surface area contributed by atoms with E-state index >= 15 is 0 Å². The van der Waals surface area contributed by atoms with Gasteiger partial charge in [-0.25, -0.2) is 4.79 Å². The Morgan fingerprint density at radius 3 is 2.77 bits per heavy atom. The summed E-state index contributed by atoms with van der Waals surface area (Å²) in [6.07, 6.45) is 2.95. The molecule has 0 radical (unpaired) electrons. The molecule has 1 fully saturated rings. The lowest BCUT2D eigenvalue weighted by Gasteiger charge is -2.19. The quantitative estimate of drug-likeness (QED) is 0.546. The van der Waals surface area contributed by atoms with Crippen LogP contribution in [0.25, 0.3) is 10.9 Å². The van der Waals surface area contributed by atoms with Crippen molar-refractivity contribution in [1.29, 1.82) is 0 Å². The number of aromatic nitrogens is 1. The summed E-state index contributed by atoms with van der Waals surface area (Å²) in [6.45, 7) is 0.915. The molecule has 2 aromatic carbocycles. The number of fused-ring (bicyclic) bond motifs is 1. The highest BCUT2D eigenvalue weighted by Gasteiger charge is 2.32. The number of hydrogen-bond donors (Lipinski definition) is 3. The van der Waals surface area contributed by atoms with Crippen molar-refractivity contribution in [3.63, 3.8) is 0 Å². The van der Waals surface area contributed by atoms with Gasteiger partial charge in [0.05, 0.1) is 20.3 Å². The SMILES string of the molecule is COc1ccc(N2C[C@H](NC(=O)NCCc3c[nH]c4ccccc34)CC2=O)cc1OC. The standard InChI is InChI=1S/C23H26N4O4/c1-30-20-8-7-17(12-21(20)31-2)27-14-16(11-22(27)28)26-23(29)24-10-9-15-13-25-19-6-4-3-5-18(15)19/h3-8,12-13,16,25H,9-11,14H2,1-2H3,(H2,24,26,29)/t16-/m1/s1. The maximum atomic E-state index is 12.5. The van der Waals surface area contributed by atoms with Gasteiger partial charge in [0.15, 0.2) is 11.5 Å². The van der Waals surface area contributed by atoms with Crippen LogP contribution in [0, 0.1) is 0 Å². The molecular weight excluding hydrogens is 396 g/mol. The third-order valence-corrected chi connectivity index (χ3v) is 5.49. The number of nitrogens with zero attached hydrogens (tertiary/aromatic N) is 1. The molecular formula is C23H26N4O4. The van der Waals surface area contributed by atoms with Crippen LogP contribution in [0.5, 0.6) is 11.5 Å². The molecule has 2 heterocycles. The van der Waals surface area contributed by atoms with Crippen molar-refractivity contribution in [2.45, 2.75) is 18.9 Å². The molecule has 1 aliphatic rings. The number of nitrogens with one attached hydrogen (secondary N) is 3. The molecule has 3 N–H and O–H groups in total. The first-order chi connectivity index (χ1) is 15.1. The average Bonchev–Trinajstić information content (AvgIpc) is 3.36. The lowest BCUT2D eigenvalue weighted by Crippen LogP contribution is -2.43. The van der Waals surface area contributed by atoms with E-state index in [1.165, 1.54) is 0 Å². The van der Waals surface area contributed by atoms with E-state index in [9.17, 15) is 9.59 Å². The minimum absolute atomic E-state index is 0.0451. The normalized spacial score (nSPS) is 15.9. The van der Waals surface area contributed by atoms with Crippen molar-refractivity contribution in [3.8, 4) is 11.5 Å². The second kappa shape index (κ2) is 8.99. The van der Waals surface area contributed by atoms with Crippen LogP contribution in [0.2, 0.25) is 0 Å². The minimum atomic E-state index is -0.271. The molecule has 1 aliphatic heterocycles. The van der Waals surface area contributed by atoms with Crippen LogP contribution in [0.15, 0.2) is 48.7 Å². The molecule has 0 unspecified atom stereocenters. The smallest absolute Gasteiger partial charge is 0.315 e. The number of aromatic amines is 1. The molecule has 31 heavy (non-hydrogen) atoms. The molecule has 162 valence electrons. The van der Waals surface area contributed by atoms with Gasteiger partial charge < -0.3 is 30.0 Å². The van der Waals surface area contributed by atoms with E-state index in [-0.39, 0.29) is 24.4 Å². The zero-order chi connectivity index (χ0) is 21.8. The van der Waals surface area contributed by atoms with Gasteiger partial charge >= 0.3 is 6.03 Å². The number of urea groups is 1. The molecule has 8 heteroatoms. The van der Waals surface area contributed by atoms with Gasteiger partial charge in [-0.1, -0.05) is 18.2 Å². The molecule has 3 aromatic rings. The molecule has 0 bridgehead atoms. The van der Waals surface area contributed by atoms with Crippen molar-refractivity contribution in [2.24, 2.45) is 0 Å². The third-order valence-electron chi connectivity index (χ3n) is 5.49. The van der Waals surface area contributed by atoms with Crippen molar-refractivity contribution < 1.29 is 19.1 Å². The van der Waals surface area contributed by atoms with Crippen LogP contribution in [0.3, 0.4) is 0 Å². The number of anilines is 1. The molecule has 0 aliphatic carbocycles. The molecule has 0 spiro atoms. The van der Waals surface area contributed by atoms with Crippen LogP contribution >= 0.6 is 0 Å². The van der Waals surface area contributed by atoms with Crippen LogP contribution < -0.4 is 25.0 Å². The van der Waals surface area contributed by atoms with Gasteiger partial charge in [0.25, 0.3) is 0 Å². The summed E-state index contributed by atoms with van der Waals surface area (Å²) < 4.78 is 10.6. The van der Waals surface area contributed by atoms with Crippen molar-refractivity contribution in [1.82, 2.24) is 15.6 Å². The first-order valence-electron chi connectivity index (χ1n) is 10.2. The van der Waals surface area contributed by atoms with E-state index in [0.717, 1.165) is 22.9 Å². The van der Waals surface area contributed by atoms with E-state index in [4.69, 9.17) is 9.47 Å². The predicted molar refractivity (Wildman–Crippen MR) is 119 cm³/mol. The summed E-state index contributed by atoms with van der Waals surface area (Å²) in [5.41, 5.74) is 2.96. The Kier molecular flexibility index (Phi) is 5.97. The maximum Gasteiger partial charge on any atom is 0.315 e. The molecule has 4 rings (SSSR count). The lowest BCUT2D eigenvalue weighted by atomic mass is 10.1. The van der Waals surface area contributed by atoms with E-state index < -0.39 is 0 Å². The number of carbonyl (C=O) groups excluding carboxylic acids is 2. The fourth-order valence-electron chi connectivity index (χ4n) is 3.93. The third kappa shape index (κ3) is 4.42. The Hall–Kier alpha value is -3.68. The molecule has 1 aromatic heterocycles. The highest BCUT2D eigenvalue weighted by molar-refractivity contribution is 5.97. The summed E-state index contributed by atoms with van der Waals surface area (Å²) in [6, 6.07) is 12.9. The number of carbonyl (C=O) groups is 2. The Morgan fingerprint density at radius 1 is 1.16 bits per heavy atom. The molecule has 0 saturated carbocycles. The minimum Gasteiger partial charge on any atom is -0.493 e. The summed E-state index contributed by atoms with van der Waals surface area (Å²) in [5, 5.41) is 6.95. The number of hydrogen-bond acceptors (Lipinski definition) is 4. The number of amides is 3. The van der Waals surface area contributed by atoms with Gasteiger partial charge in [-0.05, 0) is 30.2 Å². The highest BCUT2D eigenvalue weighted by atomic mass is 16.5. The van der Waals surface area contributed by atoms with Crippen LogP contribution in [-0.2, 0) is 11.2 Å². The van der Waals surface area contributed by atoms with Gasteiger partial charge in [0, 0.05) is 48.4 Å². The van der Waals surface area contributed by atoms with E-state index in [2.05, 4.69) is 21.7 Å². The Balaban J connectivity index is 1.30. The Morgan fingerprint density at radius 2 is 1.97 bits per heavy atom. The first-order valence-corrected chi connectivity index (χ1v) is 10.2. The summed E-state index contributed by atoms with van der Waals surface area (Å²) in [5.74, 6) is 1.11. The second-order valence-electron chi connectivity index (χ2n) is 7.45. The number of methoxy groups -OCH3 is 2. The molecule has 1 saturated heterocycles. The monoisotopic (exact) mass is 422 g/mol. The highest BCUT2D eigenvalue weighted by Crippen LogP contribution is 2.33. The number of ether oxygens (including phenoxy) is 2. The number of para-hydroxylation sites is 1. The summed E-state index contributed by atoms with van der Waals surface area (Å²) in [7, 11) is 3.12. The van der Waals surface area contributed by atoms with Gasteiger partial charge in [0.1, 0.15) is 0 Å². The molecule has 1 atom stereocenters. The second-order valence-corrected chi connectivity index (χ2v) is 7.45. The van der Waals surface area contributed by atoms with E-state index in [0.29, 0.717) is 30.3 Å². The van der Waals surface area contributed by atoms with Crippen LogP contribution in [0.4, 0.5) is 10.5 Å². The zero-order valence-corrected chi connectivity index (χ0v) is 17.6. The van der Waals surface area contributed by atoms with E-state index in [1.807, 2.05) is 30.5 Å². The van der Waals surface area contributed by atoms with Gasteiger partial charge in [-0.3, -0.25) is 4.79 Å². The number of rotatable bonds is 7. The van der Waals surface area contributed by atoms with Crippen molar-refractivity contribution in [2.75, 3.05) is 32.2 Å². The summed E-state index contributed by atoms with van der Waals surface area (Å²) >= 11 is 0. The van der Waals surface area contributed by atoms with Gasteiger partial charge in [-0.2, -0.15) is 0 Å².